The Morgan fingerprint density at radius 1 is 1.27 bits per heavy atom. The lowest BCUT2D eigenvalue weighted by molar-refractivity contribution is -0.150. The van der Waals surface area contributed by atoms with Crippen molar-refractivity contribution in [2.24, 2.45) is 0 Å². The summed E-state index contributed by atoms with van der Waals surface area (Å²) in [7, 11) is 0. The van der Waals surface area contributed by atoms with Gasteiger partial charge in [-0.2, -0.15) is 0 Å². The van der Waals surface area contributed by atoms with Crippen molar-refractivity contribution < 1.29 is 28.7 Å². The number of likely N-dealkylation sites (tertiary alicyclic amines) is 1. The van der Waals surface area contributed by atoms with E-state index in [1.165, 1.54) is 16.7 Å². The van der Waals surface area contributed by atoms with E-state index in [1.54, 1.807) is 30.9 Å². The van der Waals surface area contributed by atoms with Crippen molar-refractivity contribution in [3.8, 4) is 0 Å². The first-order valence-electron chi connectivity index (χ1n) is 13.0. The van der Waals surface area contributed by atoms with Gasteiger partial charge in [0.2, 0.25) is 11.8 Å². The number of H-pyrrole nitrogens is 1. The minimum absolute atomic E-state index is 0.00652. The van der Waals surface area contributed by atoms with Crippen molar-refractivity contribution >= 4 is 58.3 Å². The molecule has 14 heteroatoms. The number of aromatic nitrogens is 3. The van der Waals surface area contributed by atoms with E-state index < -0.39 is 23.3 Å². The topological polar surface area (TPSA) is 162 Å². The van der Waals surface area contributed by atoms with Crippen LogP contribution in [0.5, 0.6) is 0 Å². The van der Waals surface area contributed by atoms with Crippen LogP contribution in [0.1, 0.15) is 19.3 Å². The van der Waals surface area contributed by atoms with E-state index in [9.17, 15) is 24.3 Å². The summed E-state index contributed by atoms with van der Waals surface area (Å²) in [6, 6.07) is 6.78. The van der Waals surface area contributed by atoms with Gasteiger partial charge in [-0.1, -0.05) is 23.9 Å². The van der Waals surface area contributed by atoms with Crippen molar-refractivity contribution in [3.63, 3.8) is 0 Å². The number of carbonyl (C=O) groups excluding carboxylic acids is 3. The molecule has 7 rings (SSSR count). The Hall–Kier alpha value is -4.04. The van der Waals surface area contributed by atoms with E-state index in [1.807, 2.05) is 23.1 Å². The number of rotatable bonds is 7. The highest BCUT2D eigenvalue weighted by Crippen LogP contribution is 2.42. The number of carbonyl (C=O) groups is 4. The minimum atomic E-state index is -1.22. The smallest absolute Gasteiger partial charge is 0.352 e. The highest BCUT2D eigenvalue weighted by atomic mass is 32.2. The lowest BCUT2D eigenvalue weighted by Crippen LogP contribution is -2.70. The fourth-order valence-electron chi connectivity index (χ4n) is 4.94. The first kappa shape index (κ1) is 27.1. The molecule has 3 aromatic rings. The summed E-state index contributed by atoms with van der Waals surface area (Å²) in [5.74, 6) is -1.77. The molecule has 0 radical (unpaired) electrons. The van der Waals surface area contributed by atoms with Gasteiger partial charge >= 0.3 is 5.97 Å². The Balaban J connectivity index is 0.000000548. The van der Waals surface area contributed by atoms with Crippen LogP contribution in [0.15, 0.2) is 75.5 Å². The number of para-hydroxylation sites is 2. The number of fused-ring (bicyclic) bond motifs is 2. The monoisotopic (exact) mass is 594 g/mol. The number of carboxylic acids is 1. The second-order valence-corrected chi connectivity index (χ2v) is 11.8. The van der Waals surface area contributed by atoms with E-state index in [-0.39, 0.29) is 23.3 Å². The number of nitrogens with one attached hydrogen (secondary N) is 2. The largest absolute Gasteiger partial charge is 0.477 e. The third-order valence-corrected chi connectivity index (χ3v) is 9.15. The van der Waals surface area contributed by atoms with Gasteiger partial charge in [0.05, 0.1) is 12.1 Å². The van der Waals surface area contributed by atoms with Gasteiger partial charge in [0.1, 0.15) is 22.6 Å². The summed E-state index contributed by atoms with van der Waals surface area (Å²) < 4.78 is 5.60. The first-order valence-corrected chi connectivity index (χ1v) is 15.1. The number of amides is 3. The maximum Gasteiger partial charge on any atom is 0.352 e. The molecule has 1 aromatic carbocycles. The number of benzene rings is 1. The molecular weight excluding hydrogens is 568 g/mol. The van der Waals surface area contributed by atoms with Crippen LogP contribution in [0.25, 0.3) is 11.1 Å². The van der Waals surface area contributed by atoms with Crippen molar-refractivity contribution in [1.29, 1.82) is 0 Å². The Morgan fingerprint density at radius 3 is 2.78 bits per heavy atom. The SMILES string of the molecule is O=C(CSc1nc2ccccc2o1)N[C@@H]1C(=O)N2C(C(=O)O)=C(C=C3CCN(C4CC4)C3=O)CS[C@H]12.c1c[nH]cn1. The molecule has 0 spiro atoms. The summed E-state index contributed by atoms with van der Waals surface area (Å²) >= 11 is 2.50. The predicted molar refractivity (Wildman–Crippen MR) is 150 cm³/mol. The summed E-state index contributed by atoms with van der Waals surface area (Å²) in [6.07, 6.45) is 9.34. The molecule has 3 aliphatic heterocycles. The fraction of sp³-hybridized carbons (Fsp3) is 0.333. The van der Waals surface area contributed by atoms with Gasteiger partial charge in [0.15, 0.2) is 5.58 Å². The van der Waals surface area contributed by atoms with Crippen molar-refractivity contribution in [1.82, 2.24) is 30.1 Å². The van der Waals surface area contributed by atoms with Crippen LogP contribution in [0.3, 0.4) is 0 Å². The van der Waals surface area contributed by atoms with E-state index in [2.05, 4.69) is 20.3 Å². The van der Waals surface area contributed by atoms with E-state index >= 15 is 0 Å². The van der Waals surface area contributed by atoms with Crippen LogP contribution in [0.2, 0.25) is 0 Å². The van der Waals surface area contributed by atoms with Crippen molar-refractivity contribution in [2.45, 2.75) is 41.9 Å². The summed E-state index contributed by atoms with van der Waals surface area (Å²) in [5, 5.41) is 12.4. The lowest BCUT2D eigenvalue weighted by Gasteiger charge is -2.49. The molecule has 0 unspecified atom stereocenters. The number of nitrogens with zero attached hydrogens (tertiary/aromatic N) is 4. The van der Waals surface area contributed by atoms with Gasteiger partial charge in [-0.05, 0) is 43.0 Å². The highest BCUT2D eigenvalue weighted by Gasteiger charge is 2.54. The van der Waals surface area contributed by atoms with Gasteiger partial charge in [-0.15, -0.1) is 11.8 Å². The molecule has 12 nitrogen and oxygen atoms in total. The summed E-state index contributed by atoms with van der Waals surface area (Å²) in [6.45, 7) is 0.652. The van der Waals surface area contributed by atoms with Gasteiger partial charge < -0.3 is 24.7 Å². The standard InChI is InChI=1S/C24H22N4O6S2.C3H4N2/c29-17(11-36-24-25-15-3-1-2-4-16(15)34-24)26-18-21(31)28-19(23(32)33)13(10-35-22(18)28)9-12-7-8-27(20(12)30)14-5-6-14;1-2-5-3-4-1/h1-4,9,14,18,22H,5-8,10-11H2,(H,26,29)(H,32,33);1-3H,(H,4,5)/t18-,22-;/m1./s1. The number of aromatic amines is 1. The second-order valence-electron chi connectivity index (χ2n) is 9.78. The summed E-state index contributed by atoms with van der Waals surface area (Å²) in [4.78, 5) is 64.0. The number of allylic oxidation sites excluding steroid dienone is 1. The lowest BCUT2D eigenvalue weighted by atomic mass is 10.0. The number of oxazole rings is 1. The number of imidazole rings is 1. The van der Waals surface area contributed by atoms with Gasteiger partial charge in [-0.25, -0.2) is 14.8 Å². The zero-order valence-electron chi connectivity index (χ0n) is 21.7. The van der Waals surface area contributed by atoms with E-state index in [0.29, 0.717) is 52.2 Å². The molecule has 0 bridgehead atoms. The Morgan fingerprint density at radius 2 is 2.10 bits per heavy atom. The van der Waals surface area contributed by atoms with Crippen molar-refractivity contribution in [2.75, 3.05) is 18.1 Å². The molecule has 3 amide bonds. The molecule has 5 heterocycles. The molecule has 1 saturated carbocycles. The molecular formula is C27H26N6O6S2. The van der Waals surface area contributed by atoms with Crippen LogP contribution in [-0.4, -0.2) is 89.1 Å². The van der Waals surface area contributed by atoms with Crippen molar-refractivity contribution in [3.05, 3.63) is 65.9 Å². The molecule has 2 aromatic heterocycles. The van der Waals surface area contributed by atoms with E-state index in [0.717, 1.165) is 24.6 Å². The molecule has 212 valence electrons. The van der Waals surface area contributed by atoms with E-state index in [4.69, 9.17) is 4.42 Å². The number of thioether (sulfide) groups is 2. The number of hydrogen-bond donors (Lipinski definition) is 3. The zero-order chi connectivity index (χ0) is 28.5. The maximum atomic E-state index is 12.9. The summed E-state index contributed by atoms with van der Waals surface area (Å²) in [5.41, 5.74) is 2.25. The number of β-lactam (4-membered cyclic amide) rings is 1. The Labute approximate surface area is 242 Å². The van der Waals surface area contributed by atoms with Gasteiger partial charge in [0.25, 0.3) is 11.1 Å². The maximum absolute atomic E-state index is 12.9. The molecule has 41 heavy (non-hydrogen) atoms. The van der Waals surface area contributed by atoms with Crippen LogP contribution in [0, 0.1) is 0 Å². The normalized spacial score (nSPS) is 22.9. The van der Waals surface area contributed by atoms with Crippen LogP contribution >= 0.6 is 23.5 Å². The number of hydrogen-bond acceptors (Lipinski definition) is 9. The fourth-order valence-corrected chi connectivity index (χ4v) is 6.89. The van der Waals surface area contributed by atoms with Crippen LogP contribution in [-0.2, 0) is 19.2 Å². The number of aliphatic carboxylic acids is 1. The highest BCUT2D eigenvalue weighted by molar-refractivity contribution is 8.00. The molecule has 2 saturated heterocycles. The number of carboxylic acid groups (broad SMARTS) is 1. The Kier molecular flexibility index (Phi) is 7.58. The molecule has 3 N–H and O–H groups in total. The first-order chi connectivity index (χ1) is 19.9. The predicted octanol–water partition coefficient (Wildman–Crippen LogP) is 2.39. The molecule has 2 atom stereocenters. The Bertz CT molecular complexity index is 1510. The minimum Gasteiger partial charge on any atom is -0.477 e. The quantitative estimate of drug-likeness (QED) is 0.210. The zero-order valence-corrected chi connectivity index (χ0v) is 23.3. The molecule has 1 aliphatic carbocycles. The van der Waals surface area contributed by atoms with Gasteiger partial charge in [-0.3, -0.25) is 19.3 Å². The van der Waals surface area contributed by atoms with Crippen LogP contribution in [0.4, 0.5) is 0 Å². The third kappa shape index (κ3) is 5.61. The third-order valence-electron chi connectivity index (χ3n) is 7.02. The average Bonchev–Trinajstić information content (AvgIpc) is 3.32. The van der Waals surface area contributed by atoms with Gasteiger partial charge in [0, 0.05) is 36.3 Å². The second kappa shape index (κ2) is 11.4. The molecule has 3 fully saturated rings. The molecule has 4 aliphatic rings. The average molecular weight is 595 g/mol. The van der Waals surface area contributed by atoms with Crippen LogP contribution < -0.4 is 5.32 Å².